The number of hydrogen-bond donors (Lipinski definition) is 4. The molecule has 0 spiro atoms. The summed E-state index contributed by atoms with van der Waals surface area (Å²) in [6.07, 6.45) is -6.70. The molecule has 0 radical (unpaired) electrons. The number of hydrogen-bond acceptors (Lipinski definition) is 6. The van der Waals surface area contributed by atoms with Crippen molar-refractivity contribution >= 4 is 11.8 Å². The number of carbonyl (C=O) groups is 2. The summed E-state index contributed by atoms with van der Waals surface area (Å²) in [5.41, 5.74) is -1.80. The molecule has 0 aromatic carbocycles. The first-order chi connectivity index (χ1) is 14.4. The lowest BCUT2D eigenvalue weighted by molar-refractivity contribution is -0.205. The number of carbonyl (C=O) groups excluding carboxylic acids is 2. The molecule has 0 saturated heterocycles. The first-order valence-corrected chi connectivity index (χ1v) is 10.6. The topological polar surface area (TPSA) is 117 Å². The number of ether oxygens (including phenoxy) is 2. The van der Waals surface area contributed by atoms with Gasteiger partial charge in [0.1, 0.15) is 0 Å². The van der Waals surface area contributed by atoms with E-state index in [1.165, 1.54) is 0 Å². The van der Waals surface area contributed by atoms with Crippen LogP contribution in [0.25, 0.3) is 0 Å². The summed E-state index contributed by atoms with van der Waals surface area (Å²) in [5, 5.41) is 22.8. The van der Waals surface area contributed by atoms with Gasteiger partial charge >= 0.3 is 6.18 Å². The second-order valence-electron chi connectivity index (χ2n) is 9.61. The zero-order valence-corrected chi connectivity index (χ0v) is 19.9. The van der Waals surface area contributed by atoms with Crippen molar-refractivity contribution in [2.24, 2.45) is 0 Å². The number of nitrogens with one attached hydrogen (secondary N) is 2. The van der Waals surface area contributed by atoms with Gasteiger partial charge in [0.15, 0.2) is 0 Å². The summed E-state index contributed by atoms with van der Waals surface area (Å²) in [5.74, 6) is -1.68. The van der Waals surface area contributed by atoms with Gasteiger partial charge in [-0.3, -0.25) is 9.59 Å². The summed E-state index contributed by atoms with van der Waals surface area (Å²) in [6, 6.07) is 0. The molecule has 0 aromatic rings. The van der Waals surface area contributed by atoms with Crippen molar-refractivity contribution in [3.05, 3.63) is 0 Å². The molecule has 1 unspecified atom stereocenters. The van der Waals surface area contributed by atoms with Gasteiger partial charge in [0.2, 0.25) is 12.0 Å². The Kier molecular flexibility index (Phi) is 12.1. The number of halogens is 3. The fourth-order valence-electron chi connectivity index (χ4n) is 2.65. The van der Waals surface area contributed by atoms with Gasteiger partial charge in [0.25, 0.3) is 5.91 Å². The van der Waals surface area contributed by atoms with Crippen molar-refractivity contribution in [1.82, 2.24) is 10.6 Å². The van der Waals surface area contributed by atoms with Crippen molar-refractivity contribution in [1.29, 1.82) is 0 Å². The van der Waals surface area contributed by atoms with E-state index in [0.29, 0.717) is 12.8 Å². The third kappa shape index (κ3) is 13.9. The van der Waals surface area contributed by atoms with Crippen LogP contribution < -0.4 is 10.6 Å². The van der Waals surface area contributed by atoms with E-state index in [2.05, 4.69) is 5.32 Å². The Balaban J connectivity index is 4.27. The molecule has 1 atom stereocenters. The minimum Gasteiger partial charge on any atom is -0.396 e. The van der Waals surface area contributed by atoms with E-state index in [-0.39, 0.29) is 45.1 Å². The monoisotopic (exact) mass is 472 g/mol. The van der Waals surface area contributed by atoms with Crippen LogP contribution in [-0.2, 0) is 19.1 Å². The maximum Gasteiger partial charge on any atom is 0.423 e. The van der Waals surface area contributed by atoms with Gasteiger partial charge in [0, 0.05) is 25.3 Å². The van der Waals surface area contributed by atoms with Crippen LogP contribution in [0.15, 0.2) is 0 Å². The first kappa shape index (κ1) is 30.6. The van der Waals surface area contributed by atoms with Crippen LogP contribution in [0.3, 0.4) is 0 Å². The molecule has 0 aliphatic rings. The summed E-state index contributed by atoms with van der Waals surface area (Å²) in [7, 11) is 0. The molecule has 0 aromatic heterocycles. The smallest absolute Gasteiger partial charge is 0.396 e. The molecule has 0 bridgehead atoms. The Bertz CT molecular complexity index is 595. The number of amides is 2. The van der Waals surface area contributed by atoms with E-state index >= 15 is 0 Å². The van der Waals surface area contributed by atoms with Crippen LogP contribution >= 0.6 is 0 Å². The molecule has 0 fully saturated rings. The lowest BCUT2D eigenvalue weighted by atomic mass is 10.00. The average Bonchev–Trinajstić information content (AvgIpc) is 2.58. The Labute approximate surface area is 188 Å². The predicted molar refractivity (Wildman–Crippen MR) is 113 cm³/mol. The molecular formula is C21H39F3N2O6. The van der Waals surface area contributed by atoms with E-state index in [1.54, 1.807) is 13.8 Å². The molecule has 0 rings (SSSR count). The van der Waals surface area contributed by atoms with Crippen LogP contribution in [-0.4, -0.2) is 77.4 Å². The van der Waals surface area contributed by atoms with E-state index < -0.39 is 34.9 Å². The molecule has 0 saturated carbocycles. The normalized spacial score (nSPS) is 14.2. The maximum atomic E-state index is 12.3. The molecule has 0 aliphatic carbocycles. The third-order valence-corrected chi connectivity index (χ3v) is 4.82. The van der Waals surface area contributed by atoms with Gasteiger partial charge in [-0.25, -0.2) is 0 Å². The van der Waals surface area contributed by atoms with Crippen molar-refractivity contribution in [3.8, 4) is 0 Å². The van der Waals surface area contributed by atoms with Gasteiger partial charge in [-0.2, -0.15) is 13.2 Å². The second-order valence-corrected chi connectivity index (χ2v) is 9.61. The Morgan fingerprint density at radius 1 is 0.906 bits per heavy atom. The molecule has 2 amide bonds. The fraction of sp³-hybridized carbons (Fsp3) is 0.905. The van der Waals surface area contributed by atoms with Crippen LogP contribution in [0, 0.1) is 0 Å². The number of rotatable bonds is 15. The largest absolute Gasteiger partial charge is 0.423 e. The summed E-state index contributed by atoms with van der Waals surface area (Å²) in [6.45, 7) is 11.3. The van der Waals surface area contributed by atoms with Gasteiger partial charge in [-0.1, -0.05) is 0 Å². The van der Waals surface area contributed by atoms with Crippen LogP contribution in [0.2, 0.25) is 0 Å². The fourth-order valence-corrected chi connectivity index (χ4v) is 2.65. The van der Waals surface area contributed by atoms with Crippen molar-refractivity contribution in [2.45, 2.75) is 96.2 Å². The summed E-state index contributed by atoms with van der Waals surface area (Å²) >= 11 is 0. The van der Waals surface area contributed by atoms with Crippen molar-refractivity contribution in [2.75, 3.05) is 26.4 Å². The highest BCUT2D eigenvalue weighted by Crippen LogP contribution is 2.21. The molecular weight excluding hydrogens is 433 g/mol. The molecule has 190 valence electrons. The van der Waals surface area contributed by atoms with Crippen LogP contribution in [0.5, 0.6) is 0 Å². The van der Waals surface area contributed by atoms with Gasteiger partial charge in [0.05, 0.1) is 24.2 Å². The number of aliphatic hydroxyl groups is 2. The first-order valence-electron chi connectivity index (χ1n) is 10.6. The molecule has 8 nitrogen and oxygen atoms in total. The highest BCUT2D eigenvalue weighted by Gasteiger charge is 2.43. The van der Waals surface area contributed by atoms with Gasteiger partial charge in [-0.05, 0) is 60.8 Å². The van der Waals surface area contributed by atoms with Crippen molar-refractivity contribution in [3.63, 3.8) is 0 Å². The standard InChI is InChI=1S/C21H39F3N2O6/c1-18(2,26-15(28)7-13-31-20(5,6)9-12-27)10-14-32-19(3,4)8-11-25-17(30)16(29)21(22,23)24/h16,27,29H,7-14H2,1-6H3,(H,25,30)(H,26,28). The van der Waals surface area contributed by atoms with E-state index in [1.807, 2.05) is 33.0 Å². The van der Waals surface area contributed by atoms with E-state index in [0.717, 1.165) is 0 Å². The van der Waals surface area contributed by atoms with Crippen LogP contribution in [0.1, 0.15) is 67.2 Å². The minimum absolute atomic E-state index is 0.00442. The van der Waals surface area contributed by atoms with Crippen LogP contribution in [0.4, 0.5) is 13.2 Å². The molecule has 0 heterocycles. The van der Waals surface area contributed by atoms with Gasteiger partial charge in [-0.15, -0.1) is 0 Å². The molecule has 0 aliphatic heterocycles. The third-order valence-electron chi connectivity index (χ3n) is 4.82. The average molecular weight is 473 g/mol. The molecule has 11 heteroatoms. The van der Waals surface area contributed by atoms with E-state index in [9.17, 15) is 22.8 Å². The highest BCUT2D eigenvalue weighted by molar-refractivity contribution is 5.81. The lowest BCUT2D eigenvalue weighted by Gasteiger charge is -2.30. The Morgan fingerprint density at radius 3 is 1.97 bits per heavy atom. The zero-order chi connectivity index (χ0) is 25.2. The number of alkyl halides is 3. The second kappa shape index (κ2) is 12.7. The van der Waals surface area contributed by atoms with Crippen molar-refractivity contribution < 1.29 is 42.4 Å². The summed E-state index contributed by atoms with van der Waals surface area (Å²) in [4.78, 5) is 23.5. The zero-order valence-electron chi connectivity index (χ0n) is 19.9. The van der Waals surface area contributed by atoms with E-state index in [4.69, 9.17) is 19.7 Å². The number of aliphatic hydroxyl groups excluding tert-OH is 2. The Hall–Kier alpha value is -1.43. The predicted octanol–water partition coefficient (Wildman–Crippen LogP) is 2.06. The summed E-state index contributed by atoms with van der Waals surface area (Å²) < 4.78 is 48.3. The minimum atomic E-state index is -5.01. The quantitative estimate of drug-likeness (QED) is 0.290. The molecule has 4 N–H and O–H groups in total. The van der Waals surface area contributed by atoms with Gasteiger partial charge < -0.3 is 30.3 Å². The highest BCUT2D eigenvalue weighted by atomic mass is 19.4. The molecule has 32 heavy (non-hydrogen) atoms. The SMILES string of the molecule is CC(C)(CCOC(C)(C)CCNC(=O)C(O)C(F)(F)F)NC(=O)CCOC(C)(C)CCO. The maximum absolute atomic E-state index is 12.3. The Morgan fingerprint density at radius 2 is 1.44 bits per heavy atom. The lowest BCUT2D eigenvalue weighted by Crippen LogP contribution is -2.46.